The summed E-state index contributed by atoms with van der Waals surface area (Å²) in [5.41, 5.74) is 3.12. The number of hydrogen-bond acceptors (Lipinski definition) is 3. The van der Waals surface area contributed by atoms with E-state index in [4.69, 9.17) is 4.74 Å². The van der Waals surface area contributed by atoms with Crippen LogP contribution < -0.4 is 5.32 Å². The predicted molar refractivity (Wildman–Crippen MR) is 124 cm³/mol. The van der Waals surface area contributed by atoms with Crippen molar-refractivity contribution in [3.63, 3.8) is 0 Å². The number of hydrogen-bond donors (Lipinski definition) is 1. The van der Waals surface area contributed by atoms with Gasteiger partial charge in [0.15, 0.2) is 6.10 Å². The minimum atomic E-state index is -1.06. The SMILES string of the molecule is CCCCNC(=O)C(C=C(c1ccccc1)c1ccccc1)OC(=O)c1ccccc1. The lowest BCUT2D eigenvalue weighted by atomic mass is 9.96. The van der Waals surface area contributed by atoms with Crippen molar-refractivity contribution in [1.82, 2.24) is 5.32 Å². The second-order valence-electron chi connectivity index (χ2n) is 7.15. The fraction of sp³-hybridized carbons (Fsp3) is 0.185. The van der Waals surface area contributed by atoms with Gasteiger partial charge < -0.3 is 10.1 Å². The van der Waals surface area contributed by atoms with Crippen LogP contribution in [0.3, 0.4) is 0 Å². The molecule has 3 rings (SSSR count). The summed E-state index contributed by atoms with van der Waals surface area (Å²) < 4.78 is 5.68. The number of amides is 1. The summed E-state index contributed by atoms with van der Waals surface area (Å²) in [6, 6.07) is 28.3. The van der Waals surface area contributed by atoms with Gasteiger partial charge >= 0.3 is 5.97 Å². The van der Waals surface area contributed by atoms with Crippen LogP contribution in [-0.2, 0) is 9.53 Å². The molecule has 0 radical (unpaired) electrons. The van der Waals surface area contributed by atoms with Crippen LogP contribution in [0.2, 0.25) is 0 Å². The summed E-state index contributed by atoms with van der Waals surface area (Å²) >= 11 is 0. The molecule has 3 aromatic carbocycles. The van der Waals surface area contributed by atoms with Gasteiger partial charge in [0.1, 0.15) is 0 Å². The molecule has 3 aromatic rings. The van der Waals surface area contributed by atoms with Gasteiger partial charge in [0.25, 0.3) is 5.91 Å². The molecule has 0 spiro atoms. The molecule has 31 heavy (non-hydrogen) atoms. The molecule has 1 amide bonds. The first-order valence-corrected chi connectivity index (χ1v) is 10.6. The number of unbranched alkanes of at least 4 members (excludes halogenated alkanes) is 1. The van der Waals surface area contributed by atoms with Crippen LogP contribution >= 0.6 is 0 Å². The largest absolute Gasteiger partial charge is 0.444 e. The van der Waals surface area contributed by atoms with E-state index in [0.29, 0.717) is 12.1 Å². The van der Waals surface area contributed by atoms with Gasteiger partial charge in [-0.05, 0) is 41.3 Å². The molecule has 0 saturated heterocycles. The third kappa shape index (κ3) is 6.41. The molecule has 4 nitrogen and oxygen atoms in total. The molecule has 0 fully saturated rings. The topological polar surface area (TPSA) is 55.4 Å². The maximum atomic E-state index is 13.0. The van der Waals surface area contributed by atoms with Crippen LogP contribution in [0.1, 0.15) is 41.3 Å². The van der Waals surface area contributed by atoms with Gasteiger partial charge in [-0.15, -0.1) is 0 Å². The standard InChI is InChI=1S/C27H27NO3/c1-2-3-19-28-26(29)25(31-27(30)23-17-11-6-12-18-23)20-24(21-13-7-4-8-14-21)22-15-9-5-10-16-22/h4-18,20,25H,2-3,19H2,1H3,(H,28,29). The smallest absolute Gasteiger partial charge is 0.339 e. The minimum Gasteiger partial charge on any atom is -0.444 e. The minimum absolute atomic E-state index is 0.331. The van der Waals surface area contributed by atoms with E-state index in [-0.39, 0.29) is 5.91 Å². The zero-order chi connectivity index (χ0) is 21.9. The van der Waals surface area contributed by atoms with Crippen LogP contribution in [0.25, 0.3) is 5.57 Å². The Morgan fingerprint density at radius 1 is 0.806 bits per heavy atom. The number of nitrogens with one attached hydrogen (secondary N) is 1. The molecular formula is C27H27NO3. The Balaban J connectivity index is 1.97. The van der Waals surface area contributed by atoms with Crippen LogP contribution in [0, 0.1) is 0 Å². The zero-order valence-corrected chi connectivity index (χ0v) is 17.7. The fourth-order valence-electron chi connectivity index (χ4n) is 3.16. The summed E-state index contributed by atoms with van der Waals surface area (Å²) in [7, 11) is 0. The lowest BCUT2D eigenvalue weighted by Crippen LogP contribution is -2.37. The molecule has 1 atom stereocenters. The van der Waals surface area contributed by atoms with Crippen molar-refractivity contribution in [1.29, 1.82) is 0 Å². The van der Waals surface area contributed by atoms with Crippen molar-refractivity contribution >= 4 is 17.4 Å². The Labute approximate surface area is 183 Å². The van der Waals surface area contributed by atoms with Gasteiger partial charge in [-0.2, -0.15) is 0 Å². The molecule has 1 unspecified atom stereocenters. The van der Waals surface area contributed by atoms with Gasteiger partial charge in [-0.25, -0.2) is 4.79 Å². The molecular weight excluding hydrogens is 386 g/mol. The van der Waals surface area contributed by atoms with E-state index in [2.05, 4.69) is 12.2 Å². The fourth-order valence-corrected chi connectivity index (χ4v) is 3.16. The van der Waals surface area contributed by atoms with Crippen LogP contribution in [0.4, 0.5) is 0 Å². The number of carbonyl (C=O) groups is 2. The summed E-state index contributed by atoms with van der Waals surface area (Å²) in [6.07, 6.45) is 2.50. The van der Waals surface area contributed by atoms with E-state index in [1.165, 1.54) is 0 Å². The lowest BCUT2D eigenvalue weighted by Gasteiger charge is -2.17. The Morgan fingerprint density at radius 3 is 1.77 bits per heavy atom. The van der Waals surface area contributed by atoms with Crippen molar-refractivity contribution in [3.05, 3.63) is 114 Å². The summed E-state index contributed by atoms with van der Waals surface area (Å²) in [6.45, 7) is 2.59. The highest BCUT2D eigenvalue weighted by atomic mass is 16.5. The lowest BCUT2D eigenvalue weighted by molar-refractivity contribution is -0.127. The van der Waals surface area contributed by atoms with Gasteiger partial charge in [0.05, 0.1) is 5.56 Å². The van der Waals surface area contributed by atoms with E-state index in [1.807, 2.05) is 66.7 Å². The number of carbonyl (C=O) groups excluding carboxylic acids is 2. The number of benzene rings is 3. The van der Waals surface area contributed by atoms with Crippen molar-refractivity contribution in [3.8, 4) is 0 Å². The Bertz CT molecular complexity index is 957. The molecule has 0 heterocycles. The number of esters is 1. The molecule has 4 heteroatoms. The number of rotatable bonds is 9. The van der Waals surface area contributed by atoms with E-state index in [1.54, 1.807) is 30.3 Å². The van der Waals surface area contributed by atoms with Crippen molar-refractivity contribution in [2.75, 3.05) is 6.54 Å². The molecule has 0 bridgehead atoms. The van der Waals surface area contributed by atoms with Gasteiger partial charge in [0.2, 0.25) is 0 Å². The van der Waals surface area contributed by atoms with E-state index in [0.717, 1.165) is 29.5 Å². The van der Waals surface area contributed by atoms with E-state index in [9.17, 15) is 9.59 Å². The summed E-state index contributed by atoms with van der Waals surface area (Å²) in [5.74, 6) is -0.866. The first-order valence-electron chi connectivity index (χ1n) is 10.6. The molecule has 0 saturated carbocycles. The average molecular weight is 414 g/mol. The second kappa shape index (κ2) is 11.5. The third-order valence-electron chi connectivity index (χ3n) is 4.82. The molecule has 0 aromatic heterocycles. The number of ether oxygens (including phenoxy) is 1. The predicted octanol–water partition coefficient (Wildman–Crippen LogP) is 5.26. The summed E-state index contributed by atoms with van der Waals surface area (Å²) in [5, 5.41) is 2.89. The Hall–Kier alpha value is -3.66. The summed E-state index contributed by atoms with van der Waals surface area (Å²) in [4.78, 5) is 25.7. The molecule has 1 N–H and O–H groups in total. The van der Waals surface area contributed by atoms with Crippen LogP contribution in [-0.4, -0.2) is 24.5 Å². The van der Waals surface area contributed by atoms with Crippen LogP contribution in [0.15, 0.2) is 97.1 Å². The van der Waals surface area contributed by atoms with Gasteiger partial charge in [0, 0.05) is 6.54 Å². The second-order valence-corrected chi connectivity index (χ2v) is 7.15. The Kier molecular flexibility index (Phi) is 8.18. The first-order chi connectivity index (χ1) is 15.2. The molecule has 0 aliphatic heterocycles. The average Bonchev–Trinajstić information content (AvgIpc) is 2.83. The van der Waals surface area contributed by atoms with Gasteiger partial charge in [-0.3, -0.25) is 4.79 Å². The normalized spacial score (nSPS) is 11.3. The molecule has 158 valence electrons. The van der Waals surface area contributed by atoms with Crippen molar-refractivity contribution < 1.29 is 14.3 Å². The highest BCUT2D eigenvalue weighted by Crippen LogP contribution is 2.24. The van der Waals surface area contributed by atoms with E-state index >= 15 is 0 Å². The highest BCUT2D eigenvalue weighted by Gasteiger charge is 2.23. The quantitative estimate of drug-likeness (QED) is 0.385. The molecule has 0 aliphatic carbocycles. The maximum Gasteiger partial charge on any atom is 0.339 e. The van der Waals surface area contributed by atoms with E-state index < -0.39 is 12.1 Å². The maximum absolute atomic E-state index is 13.0. The van der Waals surface area contributed by atoms with Crippen LogP contribution in [0.5, 0.6) is 0 Å². The third-order valence-corrected chi connectivity index (χ3v) is 4.82. The molecule has 0 aliphatic rings. The Morgan fingerprint density at radius 2 is 1.29 bits per heavy atom. The zero-order valence-electron chi connectivity index (χ0n) is 17.7. The monoisotopic (exact) mass is 413 g/mol. The first kappa shape index (κ1) is 22.0. The highest BCUT2D eigenvalue weighted by molar-refractivity contribution is 5.94. The van der Waals surface area contributed by atoms with Gasteiger partial charge in [-0.1, -0.05) is 92.2 Å². The van der Waals surface area contributed by atoms with Crippen molar-refractivity contribution in [2.24, 2.45) is 0 Å². The van der Waals surface area contributed by atoms with Crippen molar-refractivity contribution in [2.45, 2.75) is 25.9 Å².